The van der Waals surface area contributed by atoms with Crippen molar-refractivity contribution in [2.24, 2.45) is 0 Å². The van der Waals surface area contributed by atoms with Crippen molar-refractivity contribution in [3.8, 4) is 5.75 Å². The number of carbonyl (C=O) groups excluding carboxylic acids is 1. The van der Waals surface area contributed by atoms with E-state index in [1.165, 1.54) is 37.7 Å². The van der Waals surface area contributed by atoms with Gasteiger partial charge in [0.05, 0.1) is 0 Å². The first-order chi connectivity index (χ1) is 10.3. The van der Waals surface area contributed by atoms with Crippen molar-refractivity contribution in [2.75, 3.05) is 6.61 Å². The molecule has 1 aliphatic rings. The highest BCUT2D eigenvalue weighted by Crippen LogP contribution is 2.18. The first-order valence-electron chi connectivity index (χ1n) is 8.29. The third kappa shape index (κ3) is 5.78. The standard InChI is InChI=1S/C18H27NO2/c1-2-3-4-7-15-10-12-17(13-11-15)21-14-18(20)19-16-8-5-6-9-16/h10-13,16H,2-9,14H2,1H3,(H,19,20). The summed E-state index contributed by atoms with van der Waals surface area (Å²) in [6.07, 6.45) is 9.56. The zero-order chi connectivity index (χ0) is 14.9. The number of rotatable bonds is 8. The summed E-state index contributed by atoms with van der Waals surface area (Å²) >= 11 is 0. The number of amides is 1. The van der Waals surface area contributed by atoms with Crippen LogP contribution in [0.3, 0.4) is 0 Å². The maximum atomic E-state index is 11.8. The highest BCUT2D eigenvalue weighted by molar-refractivity contribution is 5.77. The molecule has 0 spiro atoms. The predicted molar refractivity (Wildman–Crippen MR) is 85.6 cm³/mol. The molecule has 1 aromatic carbocycles. The number of aryl methyl sites for hydroxylation is 1. The molecule has 0 bridgehead atoms. The van der Waals surface area contributed by atoms with E-state index in [9.17, 15) is 4.79 Å². The van der Waals surface area contributed by atoms with Crippen molar-refractivity contribution >= 4 is 5.91 Å². The summed E-state index contributed by atoms with van der Waals surface area (Å²) in [6, 6.07) is 8.48. The fourth-order valence-corrected chi connectivity index (χ4v) is 2.82. The number of ether oxygens (including phenoxy) is 1. The van der Waals surface area contributed by atoms with Crippen molar-refractivity contribution in [3.63, 3.8) is 0 Å². The summed E-state index contributed by atoms with van der Waals surface area (Å²) in [4.78, 5) is 11.8. The first-order valence-corrected chi connectivity index (χ1v) is 8.29. The minimum atomic E-state index is -0.00563. The van der Waals surface area contributed by atoms with Crippen LogP contribution < -0.4 is 10.1 Å². The zero-order valence-corrected chi connectivity index (χ0v) is 13.1. The molecule has 1 fully saturated rings. The van der Waals surface area contributed by atoms with Crippen LogP contribution in [0.25, 0.3) is 0 Å². The molecule has 0 aromatic heterocycles. The van der Waals surface area contributed by atoms with Gasteiger partial charge in [0.2, 0.25) is 0 Å². The van der Waals surface area contributed by atoms with Gasteiger partial charge in [0.1, 0.15) is 5.75 Å². The summed E-state index contributed by atoms with van der Waals surface area (Å²) in [5, 5.41) is 3.03. The van der Waals surface area contributed by atoms with Crippen LogP contribution >= 0.6 is 0 Å². The van der Waals surface area contributed by atoms with E-state index in [1.807, 2.05) is 12.1 Å². The van der Waals surface area contributed by atoms with Gasteiger partial charge in [-0.3, -0.25) is 4.79 Å². The molecule has 1 aromatic rings. The largest absolute Gasteiger partial charge is 0.484 e. The van der Waals surface area contributed by atoms with Crippen LogP contribution in [0.1, 0.15) is 57.4 Å². The Hall–Kier alpha value is -1.51. The molecule has 116 valence electrons. The number of nitrogens with one attached hydrogen (secondary N) is 1. The molecule has 0 saturated heterocycles. The van der Waals surface area contributed by atoms with Crippen LogP contribution in [-0.4, -0.2) is 18.6 Å². The fraction of sp³-hybridized carbons (Fsp3) is 0.611. The van der Waals surface area contributed by atoms with Gasteiger partial charge >= 0.3 is 0 Å². The maximum Gasteiger partial charge on any atom is 0.258 e. The van der Waals surface area contributed by atoms with Gasteiger partial charge < -0.3 is 10.1 Å². The van der Waals surface area contributed by atoms with E-state index in [0.29, 0.717) is 6.04 Å². The van der Waals surface area contributed by atoms with Crippen LogP contribution in [0.4, 0.5) is 0 Å². The van der Waals surface area contributed by atoms with Gasteiger partial charge in [-0.2, -0.15) is 0 Å². The van der Waals surface area contributed by atoms with E-state index < -0.39 is 0 Å². The highest BCUT2D eigenvalue weighted by Gasteiger charge is 2.17. The van der Waals surface area contributed by atoms with Gasteiger partial charge in [-0.15, -0.1) is 0 Å². The average Bonchev–Trinajstić information content (AvgIpc) is 2.99. The fourth-order valence-electron chi connectivity index (χ4n) is 2.82. The molecule has 3 nitrogen and oxygen atoms in total. The molecule has 0 heterocycles. The van der Waals surface area contributed by atoms with E-state index in [0.717, 1.165) is 25.0 Å². The van der Waals surface area contributed by atoms with Crippen molar-refractivity contribution in [3.05, 3.63) is 29.8 Å². The lowest BCUT2D eigenvalue weighted by molar-refractivity contribution is -0.123. The lowest BCUT2D eigenvalue weighted by Gasteiger charge is -2.12. The molecule has 0 atom stereocenters. The summed E-state index contributed by atoms with van der Waals surface area (Å²) in [5.41, 5.74) is 1.34. The van der Waals surface area contributed by atoms with Crippen LogP contribution in [0, 0.1) is 0 Å². The van der Waals surface area contributed by atoms with Crippen LogP contribution in [0.2, 0.25) is 0 Å². The monoisotopic (exact) mass is 289 g/mol. The minimum Gasteiger partial charge on any atom is -0.484 e. The molecular weight excluding hydrogens is 262 g/mol. The Kier molecular flexibility index (Phi) is 6.58. The Morgan fingerprint density at radius 2 is 1.90 bits per heavy atom. The molecule has 0 aliphatic heterocycles. The summed E-state index contributed by atoms with van der Waals surface area (Å²) in [5.74, 6) is 0.768. The van der Waals surface area contributed by atoms with Gasteiger partial charge in [0, 0.05) is 6.04 Å². The van der Waals surface area contributed by atoms with Gasteiger partial charge in [0.15, 0.2) is 6.61 Å². The molecule has 0 radical (unpaired) electrons. The summed E-state index contributed by atoms with van der Waals surface area (Å²) in [7, 11) is 0. The Labute approximate surface area is 128 Å². The Morgan fingerprint density at radius 1 is 1.19 bits per heavy atom. The van der Waals surface area contributed by atoms with E-state index in [1.54, 1.807) is 0 Å². The van der Waals surface area contributed by atoms with Crippen LogP contribution in [-0.2, 0) is 11.2 Å². The molecule has 21 heavy (non-hydrogen) atoms. The molecule has 1 saturated carbocycles. The second-order valence-corrected chi connectivity index (χ2v) is 5.94. The number of hydrogen-bond donors (Lipinski definition) is 1. The molecule has 1 N–H and O–H groups in total. The van der Waals surface area contributed by atoms with Crippen LogP contribution in [0.15, 0.2) is 24.3 Å². The number of benzene rings is 1. The number of unbranched alkanes of at least 4 members (excludes halogenated alkanes) is 2. The van der Waals surface area contributed by atoms with E-state index in [-0.39, 0.29) is 12.5 Å². The summed E-state index contributed by atoms with van der Waals surface area (Å²) in [6.45, 7) is 2.33. The second-order valence-electron chi connectivity index (χ2n) is 5.94. The Balaban J connectivity index is 1.68. The van der Waals surface area contributed by atoms with Crippen molar-refractivity contribution in [1.29, 1.82) is 0 Å². The Bertz CT molecular complexity index is 421. The average molecular weight is 289 g/mol. The molecule has 3 heteroatoms. The van der Waals surface area contributed by atoms with E-state index >= 15 is 0 Å². The van der Waals surface area contributed by atoms with Crippen molar-refractivity contribution < 1.29 is 9.53 Å². The SMILES string of the molecule is CCCCCc1ccc(OCC(=O)NC2CCCC2)cc1. The number of carbonyl (C=O) groups is 1. The normalized spacial score (nSPS) is 15.1. The topological polar surface area (TPSA) is 38.3 Å². The molecular formula is C18H27NO2. The van der Waals surface area contributed by atoms with Crippen LogP contribution in [0.5, 0.6) is 5.75 Å². The molecule has 1 amide bonds. The van der Waals surface area contributed by atoms with E-state index in [2.05, 4.69) is 24.4 Å². The third-order valence-corrected chi connectivity index (χ3v) is 4.08. The van der Waals surface area contributed by atoms with Gasteiger partial charge in [-0.25, -0.2) is 0 Å². The quantitative estimate of drug-likeness (QED) is 0.738. The zero-order valence-electron chi connectivity index (χ0n) is 13.1. The number of hydrogen-bond acceptors (Lipinski definition) is 2. The predicted octanol–water partition coefficient (Wildman–Crippen LogP) is 3.86. The lowest BCUT2D eigenvalue weighted by Crippen LogP contribution is -2.36. The Morgan fingerprint density at radius 3 is 2.57 bits per heavy atom. The van der Waals surface area contributed by atoms with Gasteiger partial charge in [-0.05, 0) is 43.4 Å². The van der Waals surface area contributed by atoms with Crippen molar-refractivity contribution in [1.82, 2.24) is 5.32 Å². The molecule has 1 aliphatic carbocycles. The molecule has 0 unspecified atom stereocenters. The van der Waals surface area contributed by atoms with E-state index in [4.69, 9.17) is 4.74 Å². The highest BCUT2D eigenvalue weighted by atomic mass is 16.5. The summed E-state index contributed by atoms with van der Waals surface area (Å²) < 4.78 is 5.55. The maximum absolute atomic E-state index is 11.8. The van der Waals surface area contributed by atoms with Gasteiger partial charge in [-0.1, -0.05) is 44.7 Å². The second kappa shape index (κ2) is 8.71. The molecule has 2 rings (SSSR count). The lowest BCUT2D eigenvalue weighted by atomic mass is 10.1. The first kappa shape index (κ1) is 15.9. The van der Waals surface area contributed by atoms with Crippen molar-refractivity contribution in [2.45, 2.75) is 64.3 Å². The minimum absolute atomic E-state index is 0.00563. The third-order valence-electron chi connectivity index (χ3n) is 4.08. The smallest absolute Gasteiger partial charge is 0.258 e. The van der Waals surface area contributed by atoms with Gasteiger partial charge in [0.25, 0.3) is 5.91 Å².